The number of aryl methyl sites for hydroxylation is 1. The van der Waals surface area contributed by atoms with Crippen molar-refractivity contribution in [2.45, 2.75) is 71.9 Å². The van der Waals surface area contributed by atoms with Gasteiger partial charge in [-0.15, -0.1) is 0 Å². The minimum absolute atomic E-state index is 0.0513. The number of esters is 1. The number of carbonyl (C=O) groups excluding carboxylic acids is 2. The number of ketones is 1. The second kappa shape index (κ2) is 5.97. The quantitative estimate of drug-likeness (QED) is 0.838. The van der Waals surface area contributed by atoms with Gasteiger partial charge in [0.1, 0.15) is 11.6 Å². The van der Waals surface area contributed by atoms with Crippen LogP contribution >= 0.6 is 0 Å². The average molecular weight is 347 g/mol. The normalized spacial score (nSPS) is 34.0. The van der Waals surface area contributed by atoms with Crippen molar-refractivity contribution in [2.24, 2.45) is 23.0 Å². The molecule has 1 aromatic heterocycles. The van der Waals surface area contributed by atoms with Gasteiger partial charge < -0.3 is 14.9 Å². The van der Waals surface area contributed by atoms with Gasteiger partial charge in [0.25, 0.3) is 0 Å². The Morgan fingerprint density at radius 3 is 2.80 bits per heavy atom. The van der Waals surface area contributed by atoms with Crippen molar-refractivity contribution in [1.29, 1.82) is 0 Å². The van der Waals surface area contributed by atoms with Gasteiger partial charge in [-0.2, -0.15) is 0 Å². The number of ether oxygens (including phenoxy) is 1. The maximum Gasteiger partial charge on any atom is 0.326 e. The number of furan rings is 1. The lowest BCUT2D eigenvalue weighted by atomic mass is 9.54. The van der Waals surface area contributed by atoms with Crippen LogP contribution in [0.2, 0.25) is 0 Å². The van der Waals surface area contributed by atoms with Crippen LogP contribution in [0, 0.1) is 24.2 Å². The minimum Gasteiger partial charge on any atom is -0.461 e. The van der Waals surface area contributed by atoms with Crippen molar-refractivity contribution < 1.29 is 18.7 Å². The highest BCUT2D eigenvalue weighted by Crippen LogP contribution is 2.59. The summed E-state index contributed by atoms with van der Waals surface area (Å²) in [4.78, 5) is 25.8. The lowest BCUT2D eigenvalue weighted by Crippen LogP contribution is -2.53. The Morgan fingerprint density at radius 2 is 2.16 bits per heavy atom. The molecule has 1 saturated carbocycles. The van der Waals surface area contributed by atoms with Crippen molar-refractivity contribution in [3.05, 3.63) is 23.2 Å². The third-order valence-corrected chi connectivity index (χ3v) is 6.76. The Morgan fingerprint density at radius 1 is 1.48 bits per heavy atom. The number of hydrogen-bond donors (Lipinski definition) is 1. The van der Waals surface area contributed by atoms with E-state index in [-0.39, 0.29) is 17.6 Å². The molecule has 25 heavy (non-hydrogen) atoms. The SMILES string of the molecule is CCC(C)(N)C(=O)OC1c2c(C)coc2C(=O)C2CCCC(C)C21C. The van der Waals surface area contributed by atoms with E-state index in [9.17, 15) is 9.59 Å². The van der Waals surface area contributed by atoms with Crippen LogP contribution in [0.3, 0.4) is 0 Å². The van der Waals surface area contributed by atoms with E-state index in [1.807, 2.05) is 13.8 Å². The van der Waals surface area contributed by atoms with Gasteiger partial charge >= 0.3 is 5.97 Å². The fraction of sp³-hybridized carbons (Fsp3) is 0.700. The zero-order valence-corrected chi connectivity index (χ0v) is 15.8. The van der Waals surface area contributed by atoms with Gasteiger partial charge in [0.15, 0.2) is 5.76 Å². The van der Waals surface area contributed by atoms with Gasteiger partial charge in [0, 0.05) is 16.9 Å². The molecule has 0 aromatic carbocycles. The molecule has 0 amide bonds. The van der Waals surface area contributed by atoms with Crippen LogP contribution < -0.4 is 5.73 Å². The van der Waals surface area contributed by atoms with E-state index in [4.69, 9.17) is 14.9 Å². The number of nitrogens with two attached hydrogens (primary N) is 1. The van der Waals surface area contributed by atoms with E-state index in [1.165, 1.54) is 0 Å². The van der Waals surface area contributed by atoms with Crippen molar-refractivity contribution in [3.63, 3.8) is 0 Å². The number of carbonyl (C=O) groups is 2. The van der Waals surface area contributed by atoms with E-state index < -0.39 is 23.0 Å². The first-order valence-electron chi connectivity index (χ1n) is 9.26. The summed E-state index contributed by atoms with van der Waals surface area (Å²) in [5, 5.41) is 0. The van der Waals surface area contributed by atoms with Gasteiger partial charge in [-0.05, 0) is 44.6 Å². The lowest BCUT2D eigenvalue weighted by Gasteiger charge is -2.52. The Balaban J connectivity index is 2.11. The molecule has 0 saturated heterocycles. The monoisotopic (exact) mass is 347 g/mol. The first-order chi connectivity index (χ1) is 11.6. The summed E-state index contributed by atoms with van der Waals surface area (Å²) in [5.74, 6) is 0.0788. The van der Waals surface area contributed by atoms with Gasteiger partial charge in [0.2, 0.25) is 5.78 Å². The molecule has 0 spiro atoms. The summed E-state index contributed by atoms with van der Waals surface area (Å²) in [5.41, 5.74) is 6.23. The number of hydrogen-bond acceptors (Lipinski definition) is 5. The zero-order chi connectivity index (χ0) is 18.6. The Kier molecular flexibility index (Phi) is 4.34. The molecular weight excluding hydrogens is 318 g/mol. The highest BCUT2D eigenvalue weighted by Gasteiger charge is 2.58. The van der Waals surface area contributed by atoms with E-state index in [2.05, 4.69) is 13.8 Å². The first kappa shape index (κ1) is 18.2. The van der Waals surface area contributed by atoms with Crippen molar-refractivity contribution in [1.82, 2.24) is 0 Å². The minimum atomic E-state index is -1.04. The molecule has 1 fully saturated rings. The highest BCUT2D eigenvalue weighted by atomic mass is 16.5. The second-order valence-corrected chi connectivity index (χ2v) is 8.33. The van der Waals surface area contributed by atoms with Gasteiger partial charge in [-0.1, -0.05) is 27.2 Å². The smallest absolute Gasteiger partial charge is 0.326 e. The number of fused-ring (bicyclic) bond motifs is 2. The molecule has 1 aromatic rings. The van der Waals surface area contributed by atoms with Crippen molar-refractivity contribution in [2.75, 3.05) is 0 Å². The molecule has 5 atom stereocenters. The van der Waals surface area contributed by atoms with Gasteiger partial charge in [-0.3, -0.25) is 9.59 Å². The summed E-state index contributed by atoms with van der Waals surface area (Å²) in [6, 6.07) is 0. The molecule has 5 unspecified atom stereocenters. The van der Waals surface area contributed by atoms with Crippen molar-refractivity contribution >= 4 is 11.8 Å². The fourth-order valence-corrected chi connectivity index (χ4v) is 4.46. The molecular formula is C20H29NO4. The predicted molar refractivity (Wildman–Crippen MR) is 94.1 cm³/mol. The van der Waals surface area contributed by atoms with E-state index in [1.54, 1.807) is 13.2 Å². The van der Waals surface area contributed by atoms with Crippen LogP contribution in [-0.4, -0.2) is 17.3 Å². The lowest BCUT2D eigenvalue weighted by molar-refractivity contribution is -0.172. The molecule has 0 aliphatic heterocycles. The topological polar surface area (TPSA) is 82.5 Å². The Hall–Kier alpha value is -1.62. The van der Waals surface area contributed by atoms with E-state index in [0.29, 0.717) is 12.2 Å². The standard InChI is InChI=1S/C20H29NO4/c1-6-19(4,21)18(23)25-17-14-11(2)10-24-16(14)15(22)13-9-7-8-12(3)20(13,17)5/h10,12-13,17H,6-9,21H2,1-5H3. The Labute approximate surface area is 149 Å². The number of rotatable bonds is 3. The highest BCUT2D eigenvalue weighted by molar-refractivity contribution is 5.99. The summed E-state index contributed by atoms with van der Waals surface area (Å²) < 4.78 is 11.6. The van der Waals surface area contributed by atoms with Gasteiger partial charge in [-0.25, -0.2) is 0 Å². The third kappa shape index (κ3) is 2.55. The van der Waals surface area contributed by atoms with Gasteiger partial charge in [0.05, 0.1) is 6.26 Å². The molecule has 138 valence electrons. The first-order valence-corrected chi connectivity index (χ1v) is 9.26. The molecule has 5 nitrogen and oxygen atoms in total. The maximum atomic E-state index is 13.0. The largest absolute Gasteiger partial charge is 0.461 e. The van der Waals surface area contributed by atoms with Crippen molar-refractivity contribution in [3.8, 4) is 0 Å². The van der Waals surface area contributed by atoms with Crippen LogP contribution in [0.25, 0.3) is 0 Å². The molecule has 2 N–H and O–H groups in total. The molecule has 0 bridgehead atoms. The van der Waals surface area contributed by atoms with Crippen LogP contribution in [0.5, 0.6) is 0 Å². The fourth-order valence-electron chi connectivity index (χ4n) is 4.46. The zero-order valence-electron chi connectivity index (χ0n) is 15.8. The summed E-state index contributed by atoms with van der Waals surface area (Å²) >= 11 is 0. The molecule has 1 heterocycles. The summed E-state index contributed by atoms with van der Waals surface area (Å²) in [6.07, 6.45) is 4.42. The predicted octanol–water partition coefficient (Wildman–Crippen LogP) is 3.94. The molecule has 2 aliphatic carbocycles. The second-order valence-electron chi connectivity index (χ2n) is 8.33. The van der Waals surface area contributed by atoms with Crippen LogP contribution in [0.1, 0.15) is 81.2 Å². The Bertz CT molecular complexity index is 705. The summed E-state index contributed by atoms with van der Waals surface area (Å²) in [6.45, 7) is 9.70. The molecule has 5 heteroatoms. The average Bonchev–Trinajstić information content (AvgIpc) is 2.95. The molecule has 2 aliphatic rings. The number of Topliss-reactive ketones (excluding diaryl/α,β-unsaturated/α-hetero) is 1. The van der Waals surface area contributed by atoms with Crippen LogP contribution in [0.15, 0.2) is 10.7 Å². The van der Waals surface area contributed by atoms with Crippen LogP contribution in [0.4, 0.5) is 0 Å². The molecule has 3 rings (SSSR count). The maximum absolute atomic E-state index is 13.0. The molecule has 0 radical (unpaired) electrons. The van der Waals surface area contributed by atoms with E-state index >= 15 is 0 Å². The third-order valence-electron chi connectivity index (χ3n) is 6.76. The summed E-state index contributed by atoms with van der Waals surface area (Å²) in [7, 11) is 0. The van der Waals surface area contributed by atoms with E-state index in [0.717, 1.165) is 30.4 Å². The van der Waals surface area contributed by atoms with Crippen LogP contribution in [-0.2, 0) is 9.53 Å².